The van der Waals surface area contributed by atoms with Crippen molar-refractivity contribution in [1.29, 1.82) is 0 Å². The predicted octanol–water partition coefficient (Wildman–Crippen LogP) is 3.22. The monoisotopic (exact) mass is 376 g/mol. The number of hydrogen-bond acceptors (Lipinski definition) is 4. The SMILES string of the molecule is CC(=O)N1CCC2(CC1)OCCc1sc(C(=O)NC3CCCCC3)cc12. The molecule has 1 aromatic rings. The van der Waals surface area contributed by atoms with Crippen molar-refractivity contribution < 1.29 is 14.3 Å². The Morgan fingerprint density at radius 2 is 1.96 bits per heavy atom. The van der Waals surface area contributed by atoms with E-state index in [2.05, 4.69) is 11.4 Å². The van der Waals surface area contributed by atoms with E-state index in [1.54, 1.807) is 18.3 Å². The summed E-state index contributed by atoms with van der Waals surface area (Å²) in [5, 5.41) is 3.24. The molecule has 0 bridgehead atoms. The minimum Gasteiger partial charge on any atom is -0.370 e. The van der Waals surface area contributed by atoms with E-state index in [4.69, 9.17) is 4.74 Å². The number of likely N-dealkylation sites (tertiary alicyclic amines) is 1. The van der Waals surface area contributed by atoms with E-state index < -0.39 is 0 Å². The van der Waals surface area contributed by atoms with E-state index in [9.17, 15) is 9.59 Å². The van der Waals surface area contributed by atoms with Crippen LogP contribution in [-0.4, -0.2) is 42.5 Å². The number of carbonyl (C=O) groups is 2. The van der Waals surface area contributed by atoms with Crippen molar-refractivity contribution in [2.24, 2.45) is 0 Å². The Morgan fingerprint density at radius 1 is 1.23 bits per heavy atom. The Hall–Kier alpha value is -1.40. The Balaban J connectivity index is 1.50. The molecule has 1 spiro atoms. The number of carbonyl (C=O) groups excluding carboxylic acids is 2. The van der Waals surface area contributed by atoms with Gasteiger partial charge in [0.2, 0.25) is 5.91 Å². The van der Waals surface area contributed by atoms with Crippen molar-refractivity contribution >= 4 is 23.2 Å². The molecule has 1 N–H and O–H groups in total. The van der Waals surface area contributed by atoms with Gasteiger partial charge in [-0.1, -0.05) is 19.3 Å². The molecule has 6 heteroatoms. The lowest BCUT2D eigenvalue weighted by Crippen LogP contribution is -2.47. The molecule has 3 aliphatic rings. The summed E-state index contributed by atoms with van der Waals surface area (Å²) in [6.45, 7) is 3.79. The van der Waals surface area contributed by atoms with Crippen LogP contribution in [-0.2, 0) is 21.6 Å². The standard InChI is InChI=1S/C20H28N2O3S/c1-14(23)22-10-8-20(9-11-22)16-13-18(26-17(16)7-12-25-20)19(24)21-15-5-3-2-4-6-15/h13,15H,2-12H2,1H3,(H,21,24). The lowest BCUT2D eigenvalue weighted by atomic mass is 9.82. The zero-order chi connectivity index (χ0) is 18.1. The fourth-order valence-electron chi connectivity index (χ4n) is 4.63. The third kappa shape index (κ3) is 3.41. The number of fused-ring (bicyclic) bond motifs is 2. The Morgan fingerprint density at radius 3 is 2.65 bits per heavy atom. The van der Waals surface area contributed by atoms with Crippen molar-refractivity contribution in [3.63, 3.8) is 0 Å². The number of piperidine rings is 1. The maximum absolute atomic E-state index is 12.7. The quantitative estimate of drug-likeness (QED) is 0.862. The van der Waals surface area contributed by atoms with Crippen LogP contribution in [0.25, 0.3) is 0 Å². The molecule has 1 saturated carbocycles. The first-order valence-corrected chi connectivity index (χ1v) is 10.7. The van der Waals surface area contributed by atoms with Gasteiger partial charge < -0.3 is 15.0 Å². The first-order valence-electron chi connectivity index (χ1n) is 9.91. The fourth-order valence-corrected chi connectivity index (χ4v) is 5.76. The normalized spacial score (nSPS) is 22.9. The molecule has 3 heterocycles. The van der Waals surface area contributed by atoms with Crippen molar-refractivity contribution in [2.75, 3.05) is 19.7 Å². The first kappa shape index (κ1) is 18.0. The number of nitrogens with zero attached hydrogens (tertiary/aromatic N) is 1. The smallest absolute Gasteiger partial charge is 0.261 e. The molecule has 2 aliphatic heterocycles. The van der Waals surface area contributed by atoms with Gasteiger partial charge in [0.15, 0.2) is 0 Å². The number of ether oxygens (including phenoxy) is 1. The molecule has 2 amide bonds. The highest BCUT2D eigenvalue weighted by atomic mass is 32.1. The molecule has 1 saturated heterocycles. The van der Waals surface area contributed by atoms with Crippen LogP contribution in [0.5, 0.6) is 0 Å². The van der Waals surface area contributed by atoms with Crippen LogP contribution in [0.3, 0.4) is 0 Å². The number of amides is 2. The third-order valence-corrected chi connectivity index (χ3v) is 7.38. The zero-order valence-electron chi connectivity index (χ0n) is 15.5. The molecule has 142 valence electrons. The third-order valence-electron chi connectivity index (χ3n) is 6.19. The number of thiophene rings is 1. The fraction of sp³-hybridized carbons (Fsp3) is 0.700. The highest BCUT2D eigenvalue weighted by molar-refractivity contribution is 7.14. The van der Waals surface area contributed by atoms with Crippen LogP contribution in [0.2, 0.25) is 0 Å². The van der Waals surface area contributed by atoms with Crippen molar-refractivity contribution in [3.8, 4) is 0 Å². The van der Waals surface area contributed by atoms with Gasteiger partial charge in [-0.3, -0.25) is 9.59 Å². The summed E-state index contributed by atoms with van der Waals surface area (Å²) >= 11 is 1.63. The van der Waals surface area contributed by atoms with Gasteiger partial charge >= 0.3 is 0 Å². The summed E-state index contributed by atoms with van der Waals surface area (Å²) in [5.41, 5.74) is 0.894. The molecule has 0 unspecified atom stereocenters. The molecule has 1 aromatic heterocycles. The van der Waals surface area contributed by atoms with Crippen LogP contribution >= 0.6 is 11.3 Å². The van der Waals surface area contributed by atoms with Crippen LogP contribution in [0, 0.1) is 0 Å². The maximum Gasteiger partial charge on any atom is 0.261 e. The number of hydrogen-bond donors (Lipinski definition) is 1. The second kappa shape index (κ2) is 7.31. The summed E-state index contributed by atoms with van der Waals surface area (Å²) in [7, 11) is 0. The van der Waals surface area contributed by atoms with Gasteiger partial charge in [0.25, 0.3) is 5.91 Å². The zero-order valence-corrected chi connectivity index (χ0v) is 16.3. The highest BCUT2D eigenvalue weighted by Gasteiger charge is 2.42. The minimum atomic E-state index is -0.306. The molecule has 0 aromatic carbocycles. The molecule has 4 rings (SSSR count). The predicted molar refractivity (Wildman–Crippen MR) is 101 cm³/mol. The van der Waals surface area contributed by atoms with Gasteiger partial charge in [-0.15, -0.1) is 11.3 Å². The summed E-state index contributed by atoms with van der Waals surface area (Å²) in [6, 6.07) is 2.40. The lowest BCUT2D eigenvalue weighted by Gasteiger charge is -2.43. The summed E-state index contributed by atoms with van der Waals surface area (Å²) in [5.74, 6) is 0.210. The highest BCUT2D eigenvalue weighted by Crippen LogP contribution is 2.44. The molecule has 26 heavy (non-hydrogen) atoms. The minimum absolute atomic E-state index is 0.0765. The Kier molecular flexibility index (Phi) is 5.06. The molecule has 2 fully saturated rings. The second-order valence-electron chi connectivity index (χ2n) is 7.85. The topological polar surface area (TPSA) is 58.6 Å². The molecule has 1 aliphatic carbocycles. The summed E-state index contributed by atoms with van der Waals surface area (Å²) in [6.07, 6.45) is 8.45. The van der Waals surface area contributed by atoms with E-state index in [1.165, 1.54) is 29.7 Å². The van der Waals surface area contributed by atoms with Crippen LogP contribution in [0.15, 0.2) is 6.07 Å². The lowest BCUT2D eigenvalue weighted by molar-refractivity contribution is -0.138. The van der Waals surface area contributed by atoms with Gasteiger partial charge in [0, 0.05) is 37.4 Å². The van der Waals surface area contributed by atoms with E-state index in [1.807, 2.05) is 4.90 Å². The summed E-state index contributed by atoms with van der Waals surface area (Å²) < 4.78 is 6.24. The van der Waals surface area contributed by atoms with E-state index >= 15 is 0 Å². The van der Waals surface area contributed by atoms with Gasteiger partial charge in [-0.2, -0.15) is 0 Å². The molecule has 0 atom stereocenters. The average Bonchev–Trinajstić information content (AvgIpc) is 3.09. The Bertz CT molecular complexity index is 685. The van der Waals surface area contributed by atoms with E-state index in [0.717, 1.165) is 50.1 Å². The average molecular weight is 377 g/mol. The summed E-state index contributed by atoms with van der Waals surface area (Å²) in [4.78, 5) is 28.4. The largest absolute Gasteiger partial charge is 0.370 e. The van der Waals surface area contributed by atoms with Gasteiger partial charge in [0.1, 0.15) is 0 Å². The molecular formula is C20H28N2O3S. The van der Waals surface area contributed by atoms with Crippen LogP contribution in [0.4, 0.5) is 0 Å². The molecule has 0 radical (unpaired) electrons. The van der Waals surface area contributed by atoms with Crippen LogP contribution in [0.1, 0.15) is 72.0 Å². The number of rotatable bonds is 2. The van der Waals surface area contributed by atoms with E-state index in [0.29, 0.717) is 12.6 Å². The molecular weight excluding hydrogens is 348 g/mol. The van der Waals surface area contributed by atoms with Gasteiger partial charge in [-0.25, -0.2) is 0 Å². The van der Waals surface area contributed by atoms with E-state index in [-0.39, 0.29) is 17.4 Å². The van der Waals surface area contributed by atoms with Crippen molar-refractivity contribution in [1.82, 2.24) is 10.2 Å². The second-order valence-corrected chi connectivity index (χ2v) is 8.99. The van der Waals surface area contributed by atoms with Gasteiger partial charge in [-0.05, 0) is 37.3 Å². The first-order chi connectivity index (χ1) is 12.6. The van der Waals surface area contributed by atoms with Crippen molar-refractivity contribution in [2.45, 2.75) is 69.9 Å². The van der Waals surface area contributed by atoms with Crippen molar-refractivity contribution in [3.05, 3.63) is 21.4 Å². The Labute approximate surface area is 159 Å². The number of nitrogens with one attached hydrogen (secondary N) is 1. The molecule has 5 nitrogen and oxygen atoms in total. The van der Waals surface area contributed by atoms with Gasteiger partial charge in [0.05, 0.1) is 17.1 Å². The van der Waals surface area contributed by atoms with Crippen LogP contribution < -0.4 is 5.32 Å². The maximum atomic E-state index is 12.7.